The summed E-state index contributed by atoms with van der Waals surface area (Å²) in [7, 11) is 0. The van der Waals surface area contributed by atoms with Crippen molar-refractivity contribution in [3.63, 3.8) is 0 Å². The number of benzene rings is 1. The third-order valence-electron chi connectivity index (χ3n) is 1.54. The van der Waals surface area contributed by atoms with Gasteiger partial charge in [0.1, 0.15) is 0 Å². The van der Waals surface area contributed by atoms with Crippen molar-refractivity contribution in [3.05, 3.63) is 35.9 Å². The molecule has 0 aliphatic carbocycles. The van der Waals surface area contributed by atoms with Crippen LogP contribution in [0.15, 0.2) is 24.3 Å². The minimum atomic E-state index is -0.276. The molecule has 0 aromatic heterocycles. The van der Waals surface area contributed by atoms with E-state index in [1.807, 2.05) is 27.1 Å². The first kappa shape index (κ1) is 20.1. The van der Waals surface area contributed by atoms with Crippen molar-refractivity contribution in [2.24, 2.45) is 5.41 Å². The van der Waals surface area contributed by atoms with Gasteiger partial charge >= 0.3 is 27.8 Å². The van der Waals surface area contributed by atoms with E-state index in [0.29, 0.717) is 12.2 Å². The second kappa shape index (κ2) is 11.9. The number of esters is 1. The van der Waals surface area contributed by atoms with Crippen molar-refractivity contribution in [2.75, 3.05) is 6.61 Å². The third kappa shape index (κ3) is 13.0. The van der Waals surface area contributed by atoms with Crippen LogP contribution in [0, 0.1) is 11.5 Å². The molecule has 0 N–H and O–H groups in total. The number of hydrogen-bond acceptors (Lipinski definition) is 4. The Morgan fingerprint density at radius 2 is 1.74 bits per heavy atom. The first-order valence-corrected chi connectivity index (χ1v) is 6.93. The van der Waals surface area contributed by atoms with Crippen LogP contribution in [-0.4, -0.2) is 18.9 Å². The van der Waals surface area contributed by atoms with Crippen LogP contribution in [0.1, 0.15) is 38.1 Å². The third-order valence-corrected chi connectivity index (χ3v) is 1.54. The number of rotatable bonds is 2. The molecular weight excluding hydrogens is 298 g/mol. The van der Waals surface area contributed by atoms with E-state index in [0.717, 1.165) is 0 Å². The van der Waals surface area contributed by atoms with Crippen LogP contribution in [-0.2, 0) is 31.4 Å². The molecule has 5 heteroatoms. The summed E-state index contributed by atoms with van der Waals surface area (Å²) in [5.41, 5.74) is 0.311. The minimum absolute atomic E-state index is 0.125. The van der Waals surface area contributed by atoms with Gasteiger partial charge in [-0.25, -0.2) is 4.79 Å². The Hall–Kier alpha value is -1.22. The predicted molar refractivity (Wildman–Crippen MR) is 67.1 cm³/mol. The molecule has 1 aromatic carbocycles. The van der Waals surface area contributed by atoms with Crippen LogP contribution >= 0.6 is 0 Å². The van der Waals surface area contributed by atoms with E-state index in [9.17, 15) is 9.59 Å². The summed E-state index contributed by atoms with van der Waals surface area (Å²) in [6.07, 6.45) is 1.85. The zero-order valence-electron chi connectivity index (χ0n) is 11.9. The van der Waals surface area contributed by atoms with Crippen LogP contribution in [0.25, 0.3) is 0 Å². The number of carbonyl (C=O) groups excluding carboxylic acids is 2. The zero-order chi connectivity index (χ0) is 15.3. The van der Waals surface area contributed by atoms with Gasteiger partial charge in [-0.1, -0.05) is 20.8 Å². The molecule has 0 aliphatic rings. The van der Waals surface area contributed by atoms with Gasteiger partial charge in [0.05, 0.1) is 6.61 Å². The summed E-state index contributed by atoms with van der Waals surface area (Å²) < 4.78 is 13.2. The first-order valence-electron chi connectivity index (χ1n) is 5.72. The maximum absolute atomic E-state index is 11.0. The van der Waals surface area contributed by atoms with E-state index in [4.69, 9.17) is 8.31 Å². The molecule has 0 amide bonds. The number of ether oxygens (including phenoxy) is 1. The molecular formula is C14H18O4Zn-2. The van der Waals surface area contributed by atoms with Gasteiger partial charge in [0.2, 0.25) is 0 Å². The molecule has 4 nitrogen and oxygen atoms in total. The van der Waals surface area contributed by atoms with Crippen molar-refractivity contribution in [2.45, 2.75) is 27.7 Å². The van der Waals surface area contributed by atoms with Crippen molar-refractivity contribution >= 4 is 12.3 Å². The quantitative estimate of drug-likeness (QED) is 0.478. The molecule has 0 saturated heterocycles. The Balaban J connectivity index is 0. The van der Waals surface area contributed by atoms with Gasteiger partial charge < -0.3 is 9.53 Å². The second-order valence-corrected chi connectivity index (χ2v) is 4.36. The van der Waals surface area contributed by atoms with E-state index >= 15 is 0 Å². The van der Waals surface area contributed by atoms with E-state index in [-0.39, 0.29) is 29.6 Å². The standard InChI is InChI=1S/C9H9O2.C5H9O.O.Zn/c1-2-11-9(10)8-6-4-3-5-7-8;1-5(2,3)4-6;;/h4-7H,2H2,1H3;1-3H3;;/q2*-1;;. The van der Waals surface area contributed by atoms with Crippen molar-refractivity contribution in [3.8, 4) is 0 Å². The average molecular weight is 316 g/mol. The van der Waals surface area contributed by atoms with Crippen LogP contribution in [0.5, 0.6) is 0 Å². The monoisotopic (exact) mass is 314 g/mol. The van der Waals surface area contributed by atoms with Gasteiger partial charge in [0.25, 0.3) is 0 Å². The Morgan fingerprint density at radius 1 is 1.32 bits per heavy atom. The fourth-order valence-corrected chi connectivity index (χ4v) is 0.737. The van der Waals surface area contributed by atoms with E-state index < -0.39 is 0 Å². The molecule has 0 aliphatic heterocycles. The average Bonchev–Trinajstić information content (AvgIpc) is 2.42. The molecule has 102 valence electrons. The molecule has 0 spiro atoms. The second-order valence-electron chi connectivity index (χ2n) is 4.36. The first-order chi connectivity index (χ1) is 8.90. The molecule has 0 saturated carbocycles. The number of carbonyl (C=O) groups is 1. The van der Waals surface area contributed by atoms with Crippen LogP contribution in [0.3, 0.4) is 0 Å². The van der Waals surface area contributed by atoms with Gasteiger partial charge in [-0.05, 0) is 12.5 Å². The maximum atomic E-state index is 11.0. The molecule has 0 bridgehead atoms. The Morgan fingerprint density at radius 3 is 2.05 bits per heavy atom. The summed E-state index contributed by atoms with van der Waals surface area (Å²) in [5.74, 6) is -0.276. The molecule has 0 heterocycles. The number of hydrogen-bond donors (Lipinski definition) is 0. The van der Waals surface area contributed by atoms with E-state index in [1.165, 1.54) is 0 Å². The zero-order valence-corrected chi connectivity index (χ0v) is 14.8. The molecule has 0 fully saturated rings. The fraction of sp³-hybridized carbons (Fsp3) is 0.429. The van der Waals surface area contributed by atoms with Gasteiger partial charge in [0.15, 0.2) is 0 Å². The van der Waals surface area contributed by atoms with Crippen LogP contribution < -0.4 is 0 Å². The van der Waals surface area contributed by atoms with Crippen molar-refractivity contribution in [1.29, 1.82) is 0 Å². The summed E-state index contributed by atoms with van der Waals surface area (Å²) in [4.78, 5) is 20.7. The molecule has 0 atom stereocenters. The molecule has 0 unspecified atom stereocenters. The van der Waals surface area contributed by atoms with Crippen molar-refractivity contribution < 1.29 is 36.2 Å². The van der Waals surface area contributed by atoms with E-state index in [1.54, 1.807) is 31.2 Å². The van der Waals surface area contributed by atoms with Crippen LogP contribution in [0.2, 0.25) is 0 Å². The molecule has 1 rings (SSSR count). The normalized spacial score (nSPS) is 9.16. The van der Waals surface area contributed by atoms with Gasteiger partial charge in [-0.3, -0.25) is 6.29 Å². The van der Waals surface area contributed by atoms with Gasteiger partial charge in [-0.15, -0.1) is 5.41 Å². The van der Waals surface area contributed by atoms with E-state index in [2.05, 4.69) is 6.07 Å². The Labute approximate surface area is 124 Å². The Bertz CT molecular complexity index is 357. The topological polar surface area (TPSA) is 60.4 Å². The molecule has 19 heavy (non-hydrogen) atoms. The Kier molecular flexibility index (Phi) is 12.5. The summed E-state index contributed by atoms with van der Waals surface area (Å²) in [6, 6.07) is 9.55. The SMILES string of the molecule is CC(C)(C)[C-]=O.CCOC(=O)c1cc[c-]cc1.[O]=[Zn]. The van der Waals surface area contributed by atoms with Gasteiger partial charge in [0, 0.05) is 0 Å². The van der Waals surface area contributed by atoms with Gasteiger partial charge in [-0.2, -0.15) is 30.3 Å². The van der Waals surface area contributed by atoms with Crippen molar-refractivity contribution in [1.82, 2.24) is 0 Å². The molecule has 1 aromatic rings. The summed E-state index contributed by atoms with van der Waals surface area (Å²) in [5, 5.41) is 0. The summed E-state index contributed by atoms with van der Waals surface area (Å²) in [6.45, 7) is 7.66. The predicted octanol–water partition coefficient (Wildman–Crippen LogP) is 2.68. The summed E-state index contributed by atoms with van der Waals surface area (Å²) >= 11 is 0.125. The fourth-order valence-electron chi connectivity index (χ4n) is 0.737. The van der Waals surface area contributed by atoms with Crippen LogP contribution in [0.4, 0.5) is 0 Å². The molecule has 0 radical (unpaired) electrons.